The Balaban J connectivity index is 0.000000397. The van der Waals surface area contributed by atoms with Crippen molar-refractivity contribution in [3.05, 3.63) is 66.2 Å². The fourth-order valence-corrected chi connectivity index (χ4v) is 2.59. The molecule has 0 atom stereocenters. The molecule has 0 unspecified atom stereocenters. The Morgan fingerprint density at radius 1 is 1.14 bits per heavy atom. The number of hydrogen-bond acceptors (Lipinski definition) is 6. The number of ether oxygens (including phenoxy) is 1. The Morgan fingerprint density at radius 2 is 1.86 bits per heavy atom. The van der Waals surface area contributed by atoms with Gasteiger partial charge in [-0.15, -0.1) is 0 Å². The molecule has 150 valence electrons. The van der Waals surface area contributed by atoms with Crippen molar-refractivity contribution in [2.45, 2.75) is 19.3 Å². The second-order valence-electron chi connectivity index (χ2n) is 5.94. The van der Waals surface area contributed by atoms with E-state index in [9.17, 15) is 24.1 Å². The number of nitro groups is 1. The summed E-state index contributed by atoms with van der Waals surface area (Å²) in [5, 5.41) is 14.2. The Hall–Kier alpha value is -3.27. The van der Waals surface area contributed by atoms with E-state index in [0.717, 1.165) is 6.08 Å². The molecule has 1 aliphatic rings. The van der Waals surface area contributed by atoms with E-state index in [4.69, 9.17) is 4.74 Å². The van der Waals surface area contributed by atoms with Crippen molar-refractivity contribution in [3.8, 4) is 5.75 Å². The first kappa shape index (κ1) is 21.0. The van der Waals surface area contributed by atoms with Crippen molar-refractivity contribution in [2.75, 3.05) is 20.2 Å². The van der Waals surface area contributed by atoms with Gasteiger partial charge in [-0.2, -0.15) is 0 Å². The highest BCUT2D eigenvalue weighted by molar-refractivity contribution is 5.72. The van der Waals surface area contributed by atoms with Gasteiger partial charge in [0, 0.05) is 5.56 Å². The monoisotopic (exact) mass is 392 g/mol. The minimum Gasteiger partial charge on any atom is -0.494 e. The molecule has 2 heterocycles. The molecule has 0 aliphatic carbocycles. The zero-order valence-corrected chi connectivity index (χ0v) is 15.3. The van der Waals surface area contributed by atoms with Crippen LogP contribution in [0.1, 0.15) is 30.5 Å². The predicted molar refractivity (Wildman–Crippen MR) is 103 cm³/mol. The van der Waals surface area contributed by atoms with Crippen LogP contribution in [0.25, 0.3) is 12.2 Å². The molecule has 9 nitrogen and oxygen atoms in total. The van der Waals surface area contributed by atoms with E-state index in [1.165, 1.54) is 63.7 Å². The standard InChI is InChI=1S/C13H10FN3O5.C5H11N/c1-22-9-4-2-3-7(10(9)14)5-6-8-11(17(20)21)12(18)16-13(19)15-8;1-2-4-6-5-3-1/h2-6H,1H3,(H2,15,16,18,19);6H,1-5H2/b6-5+;. The van der Waals surface area contributed by atoms with Gasteiger partial charge < -0.3 is 15.0 Å². The van der Waals surface area contributed by atoms with Crippen molar-refractivity contribution in [2.24, 2.45) is 0 Å². The zero-order valence-electron chi connectivity index (χ0n) is 15.3. The number of aromatic amines is 2. The second kappa shape index (κ2) is 10.2. The SMILES string of the molecule is C1CCNCC1.COc1cccc(/C=C/c2[nH]c(=O)[nH]c(=O)c2[N+](=O)[O-])c1F. The Labute approximate surface area is 159 Å². The minimum atomic E-state index is -1.14. The molecule has 0 saturated carbocycles. The number of nitrogens with one attached hydrogen (secondary N) is 3. The number of piperidine rings is 1. The highest BCUT2D eigenvalue weighted by Crippen LogP contribution is 2.22. The number of nitrogens with zero attached hydrogens (tertiary/aromatic N) is 1. The molecular formula is C18H21FN4O5. The summed E-state index contributed by atoms with van der Waals surface area (Å²) < 4.78 is 18.8. The van der Waals surface area contributed by atoms with E-state index in [-0.39, 0.29) is 17.0 Å². The molecule has 1 aromatic carbocycles. The number of halogens is 1. The molecule has 1 saturated heterocycles. The molecule has 1 aromatic heterocycles. The molecule has 2 aromatic rings. The Kier molecular flexibility index (Phi) is 7.64. The van der Waals surface area contributed by atoms with E-state index in [0.29, 0.717) is 0 Å². The number of hydrogen-bond donors (Lipinski definition) is 3. The lowest BCUT2D eigenvalue weighted by molar-refractivity contribution is -0.386. The maximum atomic E-state index is 13.9. The molecule has 28 heavy (non-hydrogen) atoms. The summed E-state index contributed by atoms with van der Waals surface area (Å²) in [6, 6.07) is 4.34. The number of aromatic nitrogens is 2. The Bertz CT molecular complexity index is 952. The van der Waals surface area contributed by atoms with Crippen LogP contribution in [0.5, 0.6) is 5.75 Å². The van der Waals surface area contributed by atoms with Gasteiger partial charge in [0.05, 0.1) is 12.0 Å². The first-order valence-electron chi connectivity index (χ1n) is 8.66. The highest BCUT2D eigenvalue weighted by atomic mass is 19.1. The van der Waals surface area contributed by atoms with Gasteiger partial charge in [-0.05, 0) is 44.1 Å². The quantitative estimate of drug-likeness (QED) is 0.539. The normalized spacial score (nSPS) is 13.6. The van der Waals surface area contributed by atoms with Crippen LogP contribution in [0.15, 0.2) is 27.8 Å². The number of benzene rings is 1. The van der Waals surface area contributed by atoms with Crippen LogP contribution in [0.4, 0.5) is 10.1 Å². The van der Waals surface area contributed by atoms with Gasteiger partial charge in [-0.25, -0.2) is 9.18 Å². The molecule has 0 amide bonds. The van der Waals surface area contributed by atoms with Crippen LogP contribution in [0.3, 0.4) is 0 Å². The molecule has 1 aliphatic heterocycles. The zero-order chi connectivity index (χ0) is 20.5. The van der Waals surface area contributed by atoms with E-state index in [1.54, 1.807) is 4.98 Å². The number of methoxy groups -OCH3 is 1. The summed E-state index contributed by atoms with van der Waals surface area (Å²) in [5.74, 6) is -0.674. The molecule has 3 rings (SSSR count). The second-order valence-corrected chi connectivity index (χ2v) is 5.94. The van der Waals surface area contributed by atoms with Crippen molar-refractivity contribution >= 4 is 17.8 Å². The third-order valence-corrected chi connectivity index (χ3v) is 3.98. The fourth-order valence-electron chi connectivity index (χ4n) is 2.59. The molecule has 3 N–H and O–H groups in total. The van der Waals surface area contributed by atoms with Crippen LogP contribution >= 0.6 is 0 Å². The van der Waals surface area contributed by atoms with Gasteiger partial charge in [0.25, 0.3) is 0 Å². The molecule has 1 fully saturated rings. The molecule has 0 radical (unpaired) electrons. The fraction of sp³-hybridized carbons (Fsp3) is 0.333. The topological polar surface area (TPSA) is 130 Å². The van der Waals surface area contributed by atoms with E-state index in [2.05, 4.69) is 10.3 Å². The predicted octanol–water partition coefficient (Wildman–Crippen LogP) is 2.05. The van der Waals surface area contributed by atoms with Gasteiger partial charge in [0.15, 0.2) is 11.6 Å². The van der Waals surface area contributed by atoms with Crippen molar-refractivity contribution in [3.63, 3.8) is 0 Å². The maximum Gasteiger partial charge on any atom is 0.357 e. The van der Waals surface area contributed by atoms with Gasteiger partial charge in [0.2, 0.25) is 0 Å². The summed E-state index contributed by atoms with van der Waals surface area (Å²) in [7, 11) is 1.30. The highest BCUT2D eigenvalue weighted by Gasteiger charge is 2.19. The van der Waals surface area contributed by atoms with E-state index in [1.807, 2.05) is 0 Å². The van der Waals surface area contributed by atoms with E-state index >= 15 is 0 Å². The lowest BCUT2D eigenvalue weighted by Crippen LogP contribution is -2.25. The lowest BCUT2D eigenvalue weighted by atomic mass is 10.1. The third kappa shape index (κ3) is 5.61. The minimum absolute atomic E-state index is 0.00366. The first-order valence-corrected chi connectivity index (χ1v) is 8.66. The average molecular weight is 392 g/mol. The van der Waals surface area contributed by atoms with Crippen LogP contribution in [-0.4, -0.2) is 35.1 Å². The van der Waals surface area contributed by atoms with Crippen LogP contribution in [0.2, 0.25) is 0 Å². The van der Waals surface area contributed by atoms with Crippen LogP contribution in [-0.2, 0) is 0 Å². The summed E-state index contributed by atoms with van der Waals surface area (Å²) >= 11 is 0. The Morgan fingerprint density at radius 3 is 2.39 bits per heavy atom. The third-order valence-electron chi connectivity index (χ3n) is 3.98. The van der Waals surface area contributed by atoms with E-state index < -0.39 is 27.7 Å². The maximum absolute atomic E-state index is 13.9. The molecule has 0 spiro atoms. The van der Waals surface area contributed by atoms with Gasteiger partial charge in [-0.3, -0.25) is 19.9 Å². The smallest absolute Gasteiger partial charge is 0.357 e. The van der Waals surface area contributed by atoms with Crippen molar-refractivity contribution < 1.29 is 14.1 Å². The van der Waals surface area contributed by atoms with Gasteiger partial charge in [0.1, 0.15) is 5.69 Å². The van der Waals surface area contributed by atoms with Crippen LogP contribution < -0.4 is 21.3 Å². The number of rotatable bonds is 4. The first-order chi connectivity index (χ1) is 13.4. The van der Waals surface area contributed by atoms with Crippen molar-refractivity contribution in [1.29, 1.82) is 0 Å². The number of H-pyrrole nitrogens is 2. The summed E-state index contributed by atoms with van der Waals surface area (Å²) in [5.41, 5.74) is -3.13. The lowest BCUT2D eigenvalue weighted by Gasteiger charge is -2.08. The summed E-state index contributed by atoms with van der Waals surface area (Å²) in [6.07, 6.45) is 6.48. The summed E-state index contributed by atoms with van der Waals surface area (Å²) in [4.78, 5) is 36.4. The molecule has 10 heteroatoms. The average Bonchev–Trinajstić information content (AvgIpc) is 2.68. The van der Waals surface area contributed by atoms with Gasteiger partial charge >= 0.3 is 16.9 Å². The molecular weight excluding hydrogens is 371 g/mol. The summed E-state index contributed by atoms with van der Waals surface area (Å²) in [6.45, 7) is 2.50. The van der Waals surface area contributed by atoms with Crippen molar-refractivity contribution in [1.82, 2.24) is 15.3 Å². The van der Waals surface area contributed by atoms with Gasteiger partial charge in [-0.1, -0.05) is 18.6 Å². The van der Waals surface area contributed by atoms with Crippen LogP contribution in [0, 0.1) is 15.9 Å². The molecule has 0 bridgehead atoms. The largest absolute Gasteiger partial charge is 0.494 e.